The Morgan fingerprint density at radius 2 is 1.86 bits per heavy atom. The predicted molar refractivity (Wildman–Crippen MR) is 139 cm³/mol. The number of hydrogen-bond donors (Lipinski definition) is 0. The average molecular weight is 516 g/mol. The van der Waals surface area contributed by atoms with E-state index in [1.807, 2.05) is 26.2 Å². The summed E-state index contributed by atoms with van der Waals surface area (Å²) in [6.07, 6.45) is 5.05. The Morgan fingerprint density at radius 3 is 2.50 bits per heavy atom. The molecule has 0 aliphatic carbocycles. The number of piperidine rings is 1. The lowest BCUT2D eigenvalue weighted by Crippen LogP contribution is -2.45. The van der Waals surface area contributed by atoms with Gasteiger partial charge in [0, 0.05) is 42.6 Å². The maximum absolute atomic E-state index is 15.4. The van der Waals surface area contributed by atoms with E-state index in [-0.39, 0.29) is 11.4 Å². The van der Waals surface area contributed by atoms with Crippen LogP contribution < -0.4 is 18.7 Å². The van der Waals surface area contributed by atoms with E-state index >= 15 is 8.78 Å². The average Bonchev–Trinajstić information content (AvgIpc) is 2.90. The Hall–Kier alpha value is -3.11. The van der Waals surface area contributed by atoms with Crippen molar-refractivity contribution < 1.29 is 18.3 Å². The molecule has 0 amide bonds. The lowest BCUT2D eigenvalue weighted by atomic mass is 10.0. The summed E-state index contributed by atoms with van der Waals surface area (Å²) in [6, 6.07) is 10.4. The van der Waals surface area contributed by atoms with Crippen LogP contribution >= 0.6 is 11.9 Å². The van der Waals surface area contributed by atoms with Gasteiger partial charge in [0.25, 0.3) is 0 Å². The molecule has 2 heterocycles. The standard InChI is InChI=1S/C26H31F2N5O2S/c1-31(2)19-6-5-11-32(16-19)20-12-22(27)26(23(28)13-20)36-33(25-9-10-29-17-30-25)15-18-7-8-21(34-3)14-24(18)35-4/h7-10,12-14,17,19H,5-6,11,15-16H2,1-4H3. The van der Waals surface area contributed by atoms with Crippen LogP contribution in [0.1, 0.15) is 18.4 Å². The largest absolute Gasteiger partial charge is 0.497 e. The lowest BCUT2D eigenvalue weighted by Gasteiger charge is -2.37. The molecule has 192 valence electrons. The number of ether oxygens (including phenoxy) is 2. The summed E-state index contributed by atoms with van der Waals surface area (Å²) in [5.41, 5.74) is 1.37. The summed E-state index contributed by atoms with van der Waals surface area (Å²) in [5.74, 6) is 0.552. The van der Waals surface area contributed by atoms with E-state index in [4.69, 9.17) is 9.47 Å². The van der Waals surface area contributed by atoms with Crippen molar-refractivity contribution in [3.8, 4) is 11.5 Å². The predicted octanol–water partition coefficient (Wildman–Crippen LogP) is 5.02. The number of hydrogen-bond acceptors (Lipinski definition) is 8. The SMILES string of the molecule is COc1ccc(CN(Sc2c(F)cc(N3CCCC(N(C)C)C3)cc2F)c2ccncn2)c(OC)c1. The van der Waals surface area contributed by atoms with Crippen molar-refractivity contribution in [1.29, 1.82) is 0 Å². The van der Waals surface area contributed by atoms with E-state index < -0.39 is 11.6 Å². The second-order valence-corrected chi connectivity index (χ2v) is 9.85. The Morgan fingerprint density at radius 1 is 1.08 bits per heavy atom. The van der Waals surface area contributed by atoms with E-state index in [0.29, 0.717) is 29.0 Å². The summed E-state index contributed by atoms with van der Waals surface area (Å²) < 4.78 is 43.3. The van der Waals surface area contributed by atoms with Gasteiger partial charge in [-0.2, -0.15) is 0 Å². The molecule has 0 radical (unpaired) electrons. The Kier molecular flexibility index (Phi) is 8.48. The fourth-order valence-electron chi connectivity index (χ4n) is 4.27. The molecule has 7 nitrogen and oxygen atoms in total. The van der Waals surface area contributed by atoms with Gasteiger partial charge in [-0.05, 0) is 69.2 Å². The summed E-state index contributed by atoms with van der Waals surface area (Å²) in [6.45, 7) is 1.80. The van der Waals surface area contributed by atoms with E-state index in [9.17, 15) is 0 Å². The molecule has 3 aromatic rings. The van der Waals surface area contributed by atoms with E-state index in [0.717, 1.165) is 43.4 Å². The minimum absolute atomic E-state index is 0.0917. The third kappa shape index (κ3) is 5.99. The molecule has 1 aromatic heterocycles. The molecule has 2 aromatic carbocycles. The van der Waals surface area contributed by atoms with Crippen LogP contribution in [0, 0.1) is 11.6 Å². The van der Waals surface area contributed by atoms with Crippen molar-refractivity contribution in [1.82, 2.24) is 14.9 Å². The first-order valence-corrected chi connectivity index (χ1v) is 12.5. The Bertz CT molecular complexity index is 1150. The van der Waals surface area contributed by atoms with Crippen LogP contribution in [0.15, 0.2) is 53.8 Å². The van der Waals surface area contributed by atoms with Gasteiger partial charge in [-0.15, -0.1) is 0 Å². The molecule has 1 fully saturated rings. The first kappa shape index (κ1) is 26.0. The number of methoxy groups -OCH3 is 2. The van der Waals surface area contributed by atoms with Gasteiger partial charge in [0.05, 0.1) is 20.8 Å². The third-order valence-electron chi connectivity index (χ3n) is 6.31. The molecule has 1 aliphatic heterocycles. The number of nitrogens with zero attached hydrogens (tertiary/aromatic N) is 5. The highest BCUT2D eigenvalue weighted by Gasteiger charge is 2.25. The zero-order chi connectivity index (χ0) is 25.7. The lowest BCUT2D eigenvalue weighted by molar-refractivity contribution is 0.258. The van der Waals surface area contributed by atoms with Crippen LogP contribution in [0.4, 0.5) is 20.3 Å². The Labute approximate surface area is 215 Å². The topological polar surface area (TPSA) is 54.0 Å². The molecule has 0 N–H and O–H groups in total. The molecule has 1 aliphatic rings. The first-order valence-electron chi connectivity index (χ1n) is 11.7. The van der Waals surface area contributed by atoms with Crippen LogP contribution in [0.2, 0.25) is 0 Å². The van der Waals surface area contributed by atoms with Gasteiger partial charge < -0.3 is 19.3 Å². The third-order valence-corrected chi connectivity index (χ3v) is 7.42. The van der Waals surface area contributed by atoms with Crippen LogP contribution in [0.25, 0.3) is 0 Å². The number of halogens is 2. The quantitative estimate of drug-likeness (QED) is 0.369. The van der Waals surface area contributed by atoms with Gasteiger partial charge in [0.1, 0.15) is 40.2 Å². The van der Waals surface area contributed by atoms with Gasteiger partial charge in [-0.1, -0.05) is 0 Å². The molecule has 0 spiro atoms. The van der Waals surface area contributed by atoms with Crippen molar-refractivity contribution >= 4 is 23.5 Å². The number of benzene rings is 2. The van der Waals surface area contributed by atoms with Crippen LogP contribution in [0.3, 0.4) is 0 Å². The van der Waals surface area contributed by atoms with Crippen molar-refractivity contribution in [3.63, 3.8) is 0 Å². The fraction of sp³-hybridized carbons (Fsp3) is 0.385. The maximum Gasteiger partial charge on any atom is 0.143 e. The second kappa shape index (κ2) is 11.7. The van der Waals surface area contributed by atoms with Gasteiger partial charge in [0.15, 0.2) is 0 Å². The van der Waals surface area contributed by atoms with Gasteiger partial charge in [-0.3, -0.25) is 4.31 Å². The number of anilines is 2. The van der Waals surface area contributed by atoms with Crippen molar-refractivity contribution in [2.75, 3.05) is 50.6 Å². The smallest absolute Gasteiger partial charge is 0.143 e. The number of likely N-dealkylation sites (N-methyl/N-ethyl adjacent to an activating group) is 1. The Balaban J connectivity index is 1.62. The molecule has 1 unspecified atom stereocenters. The number of aromatic nitrogens is 2. The molecule has 36 heavy (non-hydrogen) atoms. The minimum Gasteiger partial charge on any atom is -0.497 e. The van der Waals surface area contributed by atoms with E-state index in [1.165, 1.54) is 18.5 Å². The molecule has 0 saturated carbocycles. The van der Waals surface area contributed by atoms with E-state index in [2.05, 4.69) is 19.8 Å². The molecular weight excluding hydrogens is 484 g/mol. The summed E-state index contributed by atoms with van der Waals surface area (Å²) in [7, 11) is 7.22. The number of rotatable bonds is 9. The summed E-state index contributed by atoms with van der Waals surface area (Å²) in [4.78, 5) is 12.4. The van der Waals surface area contributed by atoms with Crippen LogP contribution in [-0.4, -0.2) is 62.3 Å². The molecule has 0 bridgehead atoms. The first-order chi connectivity index (χ1) is 17.4. The normalized spacial score (nSPS) is 15.8. The van der Waals surface area contributed by atoms with Gasteiger partial charge in [0.2, 0.25) is 0 Å². The minimum atomic E-state index is -0.609. The highest BCUT2D eigenvalue weighted by atomic mass is 32.2. The molecule has 1 saturated heterocycles. The van der Waals surface area contributed by atoms with Gasteiger partial charge >= 0.3 is 0 Å². The van der Waals surface area contributed by atoms with Crippen molar-refractivity contribution in [3.05, 3.63) is 66.1 Å². The molecular formula is C26H31F2N5O2S. The summed E-state index contributed by atoms with van der Waals surface area (Å²) in [5, 5.41) is 0. The highest BCUT2D eigenvalue weighted by Crippen LogP contribution is 2.37. The summed E-state index contributed by atoms with van der Waals surface area (Å²) >= 11 is 0.959. The van der Waals surface area contributed by atoms with Crippen LogP contribution in [0.5, 0.6) is 11.5 Å². The molecule has 1 atom stereocenters. The molecule has 4 rings (SSSR count). The van der Waals surface area contributed by atoms with Crippen molar-refractivity contribution in [2.24, 2.45) is 0 Å². The second-order valence-electron chi connectivity index (χ2n) is 8.82. The monoisotopic (exact) mass is 515 g/mol. The van der Waals surface area contributed by atoms with Gasteiger partial charge in [-0.25, -0.2) is 18.7 Å². The van der Waals surface area contributed by atoms with Crippen molar-refractivity contribution in [2.45, 2.75) is 30.3 Å². The zero-order valence-corrected chi connectivity index (χ0v) is 21.8. The fourth-order valence-corrected chi connectivity index (χ4v) is 5.18. The van der Waals surface area contributed by atoms with Crippen LogP contribution in [-0.2, 0) is 6.54 Å². The molecule has 10 heteroatoms. The maximum atomic E-state index is 15.4. The highest BCUT2D eigenvalue weighted by molar-refractivity contribution is 8.00. The van der Waals surface area contributed by atoms with E-state index in [1.54, 1.807) is 36.9 Å². The zero-order valence-electron chi connectivity index (χ0n) is 20.9.